The first-order valence-corrected chi connectivity index (χ1v) is 6.17. The van der Waals surface area contributed by atoms with Gasteiger partial charge in [-0.1, -0.05) is 37.5 Å². The van der Waals surface area contributed by atoms with Gasteiger partial charge in [-0.05, 0) is 48.9 Å². The first-order chi connectivity index (χ1) is 7.68. The summed E-state index contributed by atoms with van der Waals surface area (Å²) in [6.07, 6.45) is 6.36. The number of aromatic hydroxyl groups is 1. The second-order valence-electron chi connectivity index (χ2n) is 4.89. The standard InChI is InChI=1S/C15H20O/c1-11(2)13-8-9-15(16)14(10-13)12-6-4-3-5-7-12/h8-10,12,16H,1,3-7H2,2H3. The van der Waals surface area contributed by atoms with Gasteiger partial charge >= 0.3 is 0 Å². The molecular formula is C15H20O. The molecule has 0 atom stereocenters. The van der Waals surface area contributed by atoms with Crippen LogP contribution in [0.25, 0.3) is 5.57 Å². The van der Waals surface area contributed by atoms with Crippen molar-refractivity contribution in [2.24, 2.45) is 0 Å². The molecule has 1 aliphatic carbocycles. The summed E-state index contributed by atoms with van der Waals surface area (Å²) in [5, 5.41) is 9.94. The third kappa shape index (κ3) is 2.29. The lowest BCUT2D eigenvalue weighted by molar-refractivity contribution is 0.414. The lowest BCUT2D eigenvalue weighted by atomic mass is 9.83. The maximum Gasteiger partial charge on any atom is 0.119 e. The van der Waals surface area contributed by atoms with Crippen LogP contribution >= 0.6 is 0 Å². The molecule has 0 unspecified atom stereocenters. The summed E-state index contributed by atoms with van der Waals surface area (Å²) in [5.74, 6) is 1.00. The molecule has 1 N–H and O–H groups in total. The van der Waals surface area contributed by atoms with Gasteiger partial charge in [0.25, 0.3) is 0 Å². The molecule has 0 spiro atoms. The van der Waals surface area contributed by atoms with Crippen LogP contribution in [-0.2, 0) is 0 Å². The highest BCUT2D eigenvalue weighted by atomic mass is 16.3. The Labute approximate surface area is 97.8 Å². The van der Waals surface area contributed by atoms with Crippen LogP contribution < -0.4 is 0 Å². The van der Waals surface area contributed by atoms with Crippen molar-refractivity contribution in [2.45, 2.75) is 44.9 Å². The molecule has 1 aromatic rings. The van der Waals surface area contributed by atoms with Gasteiger partial charge in [-0.15, -0.1) is 0 Å². The van der Waals surface area contributed by atoms with Gasteiger partial charge in [-0.3, -0.25) is 0 Å². The molecule has 0 aliphatic heterocycles. The van der Waals surface area contributed by atoms with Gasteiger partial charge in [0.1, 0.15) is 5.75 Å². The van der Waals surface area contributed by atoms with E-state index in [1.807, 2.05) is 19.1 Å². The number of hydrogen-bond donors (Lipinski definition) is 1. The third-order valence-electron chi connectivity index (χ3n) is 3.57. The van der Waals surface area contributed by atoms with Crippen LogP contribution in [0.3, 0.4) is 0 Å². The third-order valence-corrected chi connectivity index (χ3v) is 3.57. The minimum atomic E-state index is 0.455. The second kappa shape index (κ2) is 4.73. The van der Waals surface area contributed by atoms with Gasteiger partial charge in [0, 0.05) is 0 Å². The summed E-state index contributed by atoms with van der Waals surface area (Å²) >= 11 is 0. The highest BCUT2D eigenvalue weighted by Crippen LogP contribution is 2.38. The zero-order valence-electron chi connectivity index (χ0n) is 10.00. The average Bonchev–Trinajstić information content (AvgIpc) is 2.30. The second-order valence-corrected chi connectivity index (χ2v) is 4.89. The van der Waals surface area contributed by atoms with Gasteiger partial charge in [-0.25, -0.2) is 0 Å². The van der Waals surface area contributed by atoms with Crippen LogP contribution in [-0.4, -0.2) is 5.11 Å². The largest absolute Gasteiger partial charge is 0.508 e. The maximum absolute atomic E-state index is 9.94. The van der Waals surface area contributed by atoms with Gasteiger partial charge in [0.15, 0.2) is 0 Å². The lowest BCUT2D eigenvalue weighted by Gasteiger charge is -2.23. The number of phenolic OH excluding ortho intramolecular Hbond substituents is 1. The molecule has 0 radical (unpaired) electrons. The Balaban J connectivity index is 2.30. The minimum Gasteiger partial charge on any atom is -0.508 e. The molecule has 1 aliphatic rings. The number of allylic oxidation sites excluding steroid dienone is 1. The van der Waals surface area contributed by atoms with E-state index in [4.69, 9.17) is 0 Å². The molecule has 1 aromatic carbocycles. The van der Waals surface area contributed by atoms with Crippen LogP contribution in [0.15, 0.2) is 24.8 Å². The van der Waals surface area contributed by atoms with Crippen molar-refractivity contribution in [3.63, 3.8) is 0 Å². The molecule has 16 heavy (non-hydrogen) atoms. The summed E-state index contributed by atoms with van der Waals surface area (Å²) in [6.45, 7) is 5.97. The SMILES string of the molecule is C=C(C)c1ccc(O)c(C2CCCCC2)c1. The molecule has 1 heteroatoms. The van der Waals surface area contributed by atoms with Crippen LogP contribution in [0.1, 0.15) is 56.1 Å². The predicted octanol–water partition coefficient (Wildman–Crippen LogP) is 4.47. The molecule has 0 heterocycles. The summed E-state index contributed by atoms with van der Waals surface area (Å²) in [5.41, 5.74) is 3.34. The highest BCUT2D eigenvalue weighted by Gasteiger charge is 2.18. The minimum absolute atomic E-state index is 0.455. The molecule has 0 saturated heterocycles. The predicted molar refractivity (Wildman–Crippen MR) is 68.6 cm³/mol. The monoisotopic (exact) mass is 216 g/mol. The van der Waals surface area contributed by atoms with Crippen molar-refractivity contribution in [3.8, 4) is 5.75 Å². The molecule has 1 nitrogen and oxygen atoms in total. The van der Waals surface area contributed by atoms with Gasteiger partial charge in [0.05, 0.1) is 0 Å². The quantitative estimate of drug-likeness (QED) is 0.773. The van der Waals surface area contributed by atoms with Crippen LogP contribution in [0, 0.1) is 0 Å². The van der Waals surface area contributed by atoms with E-state index in [2.05, 4.69) is 12.6 Å². The van der Waals surface area contributed by atoms with E-state index in [0.717, 1.165) is 16.7 Å². The highest BCUT2D eigenvalue weighted by molar-refractivity contribution is 5.63. The smallest absolute Gasteiger partial charge is 0.119 e. The maximum atomic E-state index is 9.94. The fourth-order valence-corrected chi connectivity index (χ4v) is 2.56. The van der Waals surface area contributed by atoms with Crippen LogP contribution in [0.5, 0.6) is 5.75 Å². The van der Waals surface area contributed by atoms with E-state index in [0.29, 0.717) is 11.7 Å². The Kier molecular flexibility index (Phi) is 3.33. The van der Waals surface area contributed by atoms with E-state index in [1.165, 1.54) is 32.1 Å². The van der Waals surface area contributed by atoms with E-state index in [1.54, 1.807) is 0 Å². The van der Waals surface area contributed by atoms with Crippen molar-refractivity contribution in [2.75, 3.05) is 0 Å². The van der Waals surface area contributed by atoms with Crippen molar-refractivity contribution >= 4 is 5.57 Å². The molecule has 2 rings (SSSR count). The average molecular weight is 216 g/mol. The summed E-state index contributed by atoms with van der Waals surface area (Å²) in [6, 6.07) is 5.88. The van der Waals surface area contributed by atoms with Gasteiger partial charge < -0.3 is 5.11 Å². The molecular weight excluding hydrogens is 196 g/mol. The fourth-order valence-electron chi connectivity index (χ4n) is 2.56. The van der Waals surface area contributed by atoms with Gasteiger partial charge in [-0.2, -0.15) is 0 Å². The van der Waals surface area contributed by atoms with Crippen LogP contribution in [0.4, 0.5) is 0 Å². The zero-order chi connectivity index (χ0) is 11.5. The molecule has 1 fully saturated rings. The Hall–Kier alpha value is -1.24. The zero-order valence-corrected chi connectivity index (χ0v) is 10.00. The van der Waals surface area contributed by atoms with Crippen LogP contribution in [0.2, 0.25) is 0 Å². The molecule has 0 bridgehead atoms. The number of hydrogen-bond acceptors (Lipinski definition) is 1. The normalized spacial score (nSPS) is 17.3. The van der Waals surface area contributed by atoms with Crippen molar-refractivity contribution in [3.05, 3.63) is 35.9 Å². The van der Waals surface area contributed by atoms with E-state index in [-0.39, 0.29) is 0 Å². The van der Waals surface area contributed by atoms with Crippen molar-refractivity contribution in [1.29, 1.82) is 0 Å². The Morgan fingerprint density at radius 1 is 1.25 bits per heavy atom. The molecule has 0 amide bonds. The number of phenols is 1. The Bertz CT molecular complexity index is 386. The number of benzene rings is 1. The topological polar surface area (TPSA) is 20.2 Å². The molecule has 0 aromatic heterocycles. The summed E-state index contributed by atoms with van der Waals surface area (Å²) in [7, 11) is 0. The molecule has 86 valence electrons. The lowest BCUT2D eigenvalue weighted by Crippen LogP contribution is -2.05. The van der Waals surface area contributed by atoms with Gasteiger partial charge in [0.2, 0.25) is 0 Å². The van der Waals surface area contributed by atoms with Crippen molar-refractivity contribution in [1.82, 2.24) is 0 Å². The Morgan fingerprint density at radius 3 is 2.56 bits per heavy atom. The first kappa shape index (κ1) is 11.3. The molecule has 1 saturated carbocycles. The first-order valence-electron chi connectivity index (χ1n) is 6.17. The number of rotatable bonds is 2. The summed E-state index contributed by atoms with van der Waals surface area (Å²) in [4.78, 5) is 0. The Morgan fingerprint density at radius 2 is 1.94 bits per heavy atom. The van der Waals surface area contributed by atoms with E-state index >= 15 is 0 Å². The summed E-state index contributed by atoms with van der Waals surface area (Å²) < 4.78 is 0. The fraction of sp³-hybridized carbons (Fsp3) is 0.467. The van der Waals surface area contributed by atoms with E-state index in [9.17, 15) is 5.11 Å². The van der Waals surface area contributed by atoms with Crippen molar-refractivity contribution < 1.29 is 5.11 Å². The van der Waals surface area contributed by atoms with E-state index < -0.39 is 0 Å².